The molecule has 10 heteroatoms. The maximum atomic E-state index is 13.0. The number of pyridine rings is 1. The molecule has 3 aromatic heterocycles. The number of halogens is 3. The Kier molecular flexibility index (Phi) is 6.23. The number of aromatic nitrogens is 4. The third-order valence-corrected chi connectivity index (χ3v) is 5.79. The van der Waals surface area contributed by atoms with Gasteiger partial charge in [-0.3, -0.25) is 14.7 Å². The van der Waals surface area contributed by atoms with E-state index in [0.717, 1.165) is 38.4 Å². The molecule has 1 aliphatic heterocycles. The van der Waals surface area contributed by atoms with Gasteiger partial charge in [-0.25, -0.2) is 4.98 Å². The molecule has 1 aliphatic rings. The van der Waals surface area contributed by atoms with Crippen molar-refractivity contribution >= 4 is 23.2 Å². The first kappa shape index (κ1) is 23.0. The van der Waals surface area contributed by atoms with E-state index in [1.165, 1.54) is 11.6 Å². The zero-order chi connectivity index (χ0) is 24.4. The fourth-order valence-electron chi connectivity index (χ4n) is 3.95. The fraction of sp³-hybridized carbons (Fsp3) is 0.240. The van der Waals surface area contributed by atoms with E-state index in [4.69, 9.17) is 4.74 Å². The van der Waals surface area contributed by atoms with E-state index in [2.05, 4.69) is 32.0 Å². The van der Waals surface area contributed by atoms with E-state index in [-0.39, 0.29) is 11.0 Å². The molecule has 0 radical (unpaired) electrons. The van der Waals surface area contributed by atoms with Gasteiger partial charge in [0.25, 0.3) is 5.56 Å². The number of hydrogen-bond donors (Lipinski definition) is 2. The first-order valence-corrected chi connectivity index (χ1v) is 11.1. The smallest absolute Gasteiger partial charge is 0.379 e. The van der Waals surface area contributed by atoms with Crippen molar-refractivity contribution in [1.29, 1.82) is 0 Å². The number of H-pyrrole nitrogens is 2. The van der Waals surface area contributed by atoms with Crippen LogP contribution in [0.3, 0.4) is 0 Å². The molecule has 0 saturated carbocycles. The van der Waals surface area contributed by atoms with Gasteiger partial charge in [0.1, 0.15) is 5.65 Å². The largest absolute Gasteiger partial charge is 0.449 e. The average Bonchev–Trinajstić information content (AvgIpc) is 3.29. The predicted molar refractivity (Wildman–Crippen MR) is 126 cm³/mol. The molecule has 0 atom stereocenters. The monoisotopic (exact) mass is 481 g/mol. The summed E-state index contributed by atoms with van der Waals surface area (Å²) in [5.74, 6) is -1.34. The van der Waals surface area contributed by atoms with E-state index in [1.807, 2.05) is 24.3 Å². The zero-order valence-electron chi connectivity index (χ0n) is 18.6. The Balaban J connectivity index is 1.33. The molecule has 0 aliphatic carbocycles. The van der Waals surface area contributed by atoms with Crippen LogP contribution in [0.2, 0.25) is 0 Å². The summed E-state index contributed by atoms with van der Waals surface area (Å²) in [6, 6.07) is 13.3. The van der Waals surface area contributed by atoms with Gasteiger partial charge in [0.2, 0.25) is 5.82 Å². The minimum absolute atomic E-state index is 0.0547. The number of fused-ring (bicyclic) bond motifs is 1. The lowest BCUT2D eigenvalue weighted by atomic mass is 10.1. The topological polar surface area (TPSA) is 86.9 Å². The van der Waals surface area contributed by atoms with Gasteiger partial charge in [-0.15, -0.1) is 0 Å². The minimum atomic E-state index is -4.74. The molecule has 1 saturated heterocycles. The molecule has 7 nitrogen and oxygen atoms in total. The molecule has 0 bridgehead atoms. The van der Waals surface area contributed by atoms with Crippen molar-refractivity contribution in [3.63, 3.8) is 0 Å². The summed E-state index contributed by atoms with van der Waals surface area (Å²) in [6.45, 7) is 4.31. The standard InChI is InChI=1S/C25H22F3N5O2/c26-25(27,28)24-31-22-20(23(34)32-24)14-21(30-22)18-7-8-29-19(13-18)6-5-16-1-3-17(4-2-16)15-33-9-11-35-12-10-33/h1-8,13-14H,9-12,15H2,(H2,30,31,32,34). The van der Waals surface area contributed by atoms with Crippen molar-refractivity contribution in [2.24, 2.45) is 0 Å². The highest BCUT2D eigenvalue weighted by molar-refractivity contribution is 5.83. The molecule has 0 spiro atoms. The molecule has 5 rings (SSSR count). The summed E-state index contributed by atoms with van der Waals surface area (Å²) in [5.41, 5.74) is 3.09. The molecule has 0 amide bonds. The molecule has 4 heterocycles. The van der Waals surface area contributed by atoms with E-state index in [1.54, 1.807) is 23.3 Å². The van der Waals surface area contributed by atoms with Crippen molar-refractivity contribution in [2.45, 2.75) is 12.7 Å². The molecule has 4 aromatic rings. The van der Waals surface area contributed by atoms with Crippen molar-refractivity contribution in [3.05, 3.63) is 81.7 Å². The third-order valence-electron chi connectivity index (χ3n) is 5.79. The molecule has 180 valence electrons. The maximum absolute atomic E-state index is 13.0. The van der Waals surface area contributed by atoms with Gasteiger partial charge in [-0.2, -0.15) is 13.2 Å². The number of ether oxygens (including phenoxy) is 1. The van der Waals surface area contributed by atoms with Crippen LogP contribution >= 0.6 is 0 Å². The normalized spacial score (nSPS) is 15.3. The van der Waals surface area contributed by atoms with Crippen LogP contribution in [0.15, 0.2) is 53.5 Å². The Bertz CT molecular complexity index is 1420. The highest BCUT2D eigenvalue weighted by Gasteiger charge is 2.34. The Morgan fingerprint density at radius 1 is 1.03 bits per heavy atom. The van der Waals surface area contributed by atoms with Crippen LogP contribution in [0.4, 0.5) is 13.2 Å². The molecule has 35 heavy (non-hydrogen) atoms. The van der Waals surface area contributed by atoms with Gasteiger partial charge in [-0.1, -0.05) is 30.3 Å². The summed E-state index contributed by atoms with van der Waals surface area (Å²) < 4.78 is 44.3. The van der Waals surface area contributed by atoms with Crippen LogP contribution in [-0.4, -0.2) is 51.1 Å². The Morgan fingerprint density at radius 2 is 1.80 bits per heavy atom. The fourth-order valence-corrected chi connectivity index (χ4v) is 3.95. The Hall–Kier alpha value is -3.76. The quantitative estimate of drug-likeness (QED) is 0.443. The van der Waals surface area contributed by atoms with E-state index in [0.29, 0.717) is 17.0 Å². The summed E-state index contributed by atoms with van der Waals surface area (Å²) in [7, 11) is 0. The van der Waals surface area contributed by atoms with Crippen molar-refractivity contribution in [2.75, 3.05) is 26.3 Å². The first-order chi connectivity index (χ1) is 16.8. The molecular formula is C25H22F3N5O2. The molecule has 1 fully saturated rings. The van der Waals surface area contributed by atoms with Crippen LogP contribution in [0.25, 0.3) is 34.4 Å². The Labute approximate surface area is 198 Å². The van der Waals surface area contributed by atoms with E-state index < -0.39 is 17.6 Å². The minimum Gasteiger partial charge on any atom is -0.379 e. The lowest BCUT2D eigenvalue weighted by Gasteiger charge is -2.26. The van der Waals surface area contributed by atoms with Gasteiger partial charge in [-0.05, 0) is 35.4 Å². The summed E-state index contributed by atoms with van der Waals surface area (Å²) in [6.07, 6.45) is 0.659. The predicted octanol–water partition coefficient (Wildman–Crippen LogP) is 4.33. The SMILES string of the molecule is O=c1[nH]c(C(F)(F)F)nc2[nH]c(-c3ccnc(C=Cc4ccc(CN5CCOCC5)cc4)c3)cc12. The van der Waals surface area contributed by atoms with Gasteiger partial charge in [0.05, 0.1) is 24.3 Å². The van der Waals surface area contributed by atoms with Crippen LogP contribution < -0.4 is 5.56 Å². The van der Waals surface area contributed by atoms with E-state index >= 15 is 0 Å². The van der Waals surface area contributed by atoms with E-state index in [9.17, 15) is 18.0 Å². The Morgan fingerprint density at radius 3 is 2.54 bits per heavy atom. The van der Waals surface area contributed by atoms with Crippen LogP contribution in [0, 0.1) is 0 Å². The molecule has 1 aromatic carbocycles. The number of alkyl halides is 3. The van der Waals surface area contributed by atoms with Gasteiger partial charge < -0.3 is 14.7 Å². The number of morpholine rings is 1. The summed E-state index contributed by atoms with van der Waals surface area (Å²) in [5, 5.41) is 0.0547. The number of benzene rings is 1. The van der Waals surface area contributed by atoms with Crippen LogP contribution in [0.1, 0.15) is 22.6 Å². The maximum Gasteiger partial charge on any atom is 0.449 e. The van der Waals surface area contributed by atoms with Crippen LogP contribution in [-0.2, 0) is 17.5 Å². The second-order valence-corrected chi connectivity index (χ2v) is 8.29. The lowest BCUT2D eigenvalue weighted by Crippen LogP contribution is -2.35. The number of nitrogens with zero attached hydrogens (tertiary/aromatic N) is 3. The number of hydrogen-bond acceptors (Lipinski definition) is 5. The second-order valence-electron chi connectivity index (χ2n) is 8.29. The van der Waals surface area contributed by atoms with Crippen molar-refractivity contribution in [1.82, 2.24) is 24.8 Å². The number of rotatable bonds is 5. The highest BCUT2D eigenvalue weighted by atomic mass is 19.4. The molecular weight excluding hydrogens is 459 g/mol. The first-order valence-electron chi connectivity index (χ1n) is 11.1. The summed E-state index contributed by atoms with van der Waals surface area (Å²) >= 11 is 0. The molecule has 0 unspecified atom stereocenters. The molecule has 2 N–H and O–H groups in total. The highest BCUT2D eigenvalue weighted by Crippen LogP contribution is 2.27. The van der Waals surface area contributed by atoms with Crippen LogP contribution in [0.5, 0.6) is 0 Å². The third kappa shape index (κ3) is 5.33. The summed E-state index contributed by atoms with van der Waals surface area (Å²) in [4.78, 5) is 26.9. The second kappa shape index (κ2) is 9.47. The van der Waals surface area contributed by atoms with Gasteiger partial charge >= 0.3 is 6.18 Å². The average molecular weight is 481 g/mol. The number of aromatic amines is 2. The van der Waals surface area contributed by atoms with Gasteiger partial charge in [0, 0.05) is 37.1 Å². The number of nitrogens with one attached hydrogen (secondary N) is 2. The van der Waals surface area contributed by atoms with Crippen molar-refractivity contribution in [3.8, 4) is 11.3 Å². The lowest BCUT2D eigenvalue weighted by molar-refractivity contribution is -0.144. The zero-order valence-corrected chi connectivity index (χ0v) is 18.6. The van der Waals surface area contributed by atoms with Crippen molar-refractivity contribution < 1.29 is 17.9 Å². The van der Waals surface area contributed by atoms with Gasteiger partial charge in [0.15, 0.2) is 0 Å².